The summed E-state index contributed by atoms with van der Waals surface area (Å²) in [6, 6.07) is 17.6. The number of anilines is 1. The molecule has 2 heterocycles. The number of nitrogens with one attached hydrogen (secondary N) is 3. The zero-order chi connectivity index (χ0) is 19.3. The maximum Gasteiger partial charge on any atom is 0.356 e. The highest BCUT2D eigenvalue weighted by atomic mass is 35.5. The van der Waals surface area contributed by atoms with E-state index in [0.717, 1.165) is 19.0 Å². The molecule has 0 radical (unpaired) electrons. The van der Waals surface area contributed by atoms with E-state index in [2.05, 4.69) is 77.2 Å². The third kappa shape index (κ3) is 5.90. The highest BCUT2D eigenvalue weighted by Gasteiger charge is 2.20. The fourth-order valence-electron chi connectivity index (χ4n) is 4.28. The van der Waals surface area contributed by atoms with Crippen molar-refractivity contribution in [3.05, 3.63) is 59.7 Å². The molecule has 30 heavy (non-hydrogen) atoms. The van der Waals surface area contributed by atoms with E-state index < -0.39 is 0 Å². The first-order chi connectivity index (χ1) is 13.7. The highest BCUT2D eigenvalue weighted by Crippen LogP contribution is 2.16. The fourth-order valence-corrected chi connectivity index (χ4v) is 4.28. The lowest BCUT2D eigenvalue weighted by atomic mass is 10.0. The van der Waals surface area contributed by atoms with Crippen LogP contribution in [0.5, 0.6) is 0 Å². The minimum atomic E-state index is 0. The van der Waals surface area contributed by atoms with Gasteiger partial charge in [-0.05, 0) is 48.4 Å². The Labute approximate surface area is 192 Å². The van der Waals surface area contributed by atoms with Crippen LogP contribution in [0.1, 0.15) is 50.2 Å². The molecule has 1 fully saturated rings. The fraction of sp³-hybridized carbons (Fsp3) is 0.458. The van der Waals surface area contributed by atoms with Gasteiger partial charge in [0.05, 0.1) is 19.6 Å². The van der Waals surface area contributed by atoms with Gasteiger partial charge in [-0.2, -0.15) is 0 Å². The summed E-state index contributed by atoms with van der Waals surface area (Å²) < 4.78 is 2.43. The van der Waals surface area contributed by atoms with Gasteiger partial charge in [-0.1, -0.05) is 50.2 Å². The number of H-pyrrole nitrogens is 1. The number of likely N-dealkylation sites (tertiary alicyclic amines) is 1. The minimum absolute atomic E-state index is 0. The van der Waals surface area contributed by atoms with Crippen molar-refractivity contribution in [2.75, 3.05) is 25.0 Å². The number of hydrogen-bond acceptors (Lipinski definition) is 1. The molecule has 1 aliphatic rings. The number of aromatic nitrogens is 2. The Bertz CT molecular complexity index is 899. The smallest absolute Gasteiger partial charge is 0.356 e. The molecule has 3 N–H and O–H groups in total. The van der Waals surface area contributed by atoms with Crippen molar-refractivity contribution in [3.63, 3.8) is 0 Å². The third-order valence-electron chi connectivity index (χ3n) is 6.07. The van der Waals surface area contributed by atoms with Gasteiger partial charge in [-0.25, -0.2) is 9.55 Å². The van der Waals surface area contributed by atoms with Crippen molar-refractivity contribution in [2.24, 2.45) is 0 Å². The first-order valence-corrected chi connectivity index (χ1v) is 10.9. The predicted molar refractivity (Wildman–Crippen MR) is 116 cm³/mol. The third-order valence-corrected chi connectivity index (χ3v) is 6.07. The minimum Gasteiger partial charge on any atom is -1.00 e. The molecule has 0 atom stereocenters. The summed E-state index contributed by atoms with van der Waals surface area (Å²) >= 11 is 0. The van der Waals surface area contributed by atoms with Crippen molar-refractivity contribution < 1.29 is 34.3 Å². The average Bonchev–Trinajstić information content (AvgIpc) is 3.09. The molecule has 0 saturated carbocycles. The Morgan fingerprint density at radius 2 is 1.67 bits per heavy atom. The normalized spacial score (nSPS) is 14.4. The molecule has 2 aromatic carbocycles. The van der Waals surface area contributed by atoms with E-state index >= 15 is 0 Å². The van der Waals surface area contributed by atoms with Crippen molar-refractivity contribution in [1.29, 1.82) is 0 Å². The van der Waals surface area contributed by atoms with Gasteiger partial charge in [0.1, 0.15) is 24.1 Å². The average molecular weight is 449 g/mol. The Morgan fingerprint density at radius 1 is 0.967 bits per heavy atom. The molecule has 0 unspecified atom stereocenters. The van der Waals surface area contributed by atoms with E-state index in [1.54, 1.807) is 4.90 Å². The lowest BCUT2D eigenvalue weighted by Gasteiger charge is -2.23. The van der Waals surface area contributed by atoms with Crippen LogP contribution in [0.15, 0.2) is 48.5 Å². The number of rotatable bonds is 7. The molecule has 0 spiro atoms. The molecular formula is C24H34Cl2N4. The van der Waals surface area contributed by atoms with Crippen LogP contribution in [0.4, 0.5) is 5.95 Å². The second-order valence-electron chi connectivity index (χ2n) is 8.45. The summed E-state index contributed by atoms with van der Waals surface area (Å²) in [5, 5.41) is 3.65. The van der Waals surface area contributed by atoms with Crippen LogP contribution in [-0.2, 0) is 13.1 Å². The van der Waals surface area contributed by atoms with Gasteiger partial charge < -0.3 is 29.7 Å². The summed E-state index contributed by atoms with van der Waals surface area (Å²) in [5.74, 6) is 1.70. The van der Waals surface area contributed by atoms with E-state index in [9.17, 15) is 0 Å². The summed E-state index contributed by atoms with van der Waals surface area (Å²) in [5.41, 5.74) is 5.20. The van der Waals surface area contributed by atoms with Crippen molar-refractivity contribution in [3.8, 4) is 0 Å². The molecular weight excluding hydrogens is 415 g/mol. The van der Waals surface area contributed by atoms with Crippen LogP contribution in [0, 0.1) is 0 Å². The van der Waals surface area contributed by atoms with Gasteiger partial charge in [0.15, 0.2) is 0 Å². The van der Waals surface area contributed by atoms with E-state index in [0.29, 0.717) is 5.92 Å². The first kappa shape index (κ1) is 24.5. The van der Waals surface area contributed by atoms with E-state index in [4.69, 9.17) is 0 Å². The second-order valence-corrected chi connectivity index (χ2v) is 8.45. The number of hydrogen-bond donors (Lipinski definition) is 3. The number of benzene rings is 2. The maximum absolute atomic E-state index is 3.65. The van der Waals surface area contributed by atoms with Gasteiger partial charge in [-0.3, -0.25) is 5.32 Å². The van der Waals surface area contributed by atoms with Crippen LogP contribution in [0.25, 0.3) is 11.0 Å². The summed E-state index contributed by atoms with van der Waals surface area (Å²) in [4.78, 5) is 5.34. The molecule has 1 aliphatic heterocycles. The second kappa shape index (κ2) is 11.6. The Morgan fingerprint density at radius 3 is 2.37 bits per heavy atom. The number of halogens is 2. The van der Waals surface area contributed by atoms with Crippen LogP contribution in [0.2, 0.25) is 0 Å². The van der Waals surface area contributed by atoms with Gasteiger partial charge in [-0.15, -0.1) is 0 Å². The lowest BCUT2D eigenvalue weighted by Crippen LogP contribution is -3.13. The number of piperidine rings is 1. The Balaban J connectivity index is 0.00000160. The number of para-hydroxylation sites is 2. The number of nitrogens with zero attached hydrogens (tertiary/aromatic N) is 1. The largest absolute Gasteiger partial charge is 1.00 e. The van der Waals surface area contributed by atoms with Gasteiger partial charge >= 0.3 is 5.95 Å². The van der Waals surface area contributed by atoms with Crippen LogP contribution < -0.4 is 39.6 Å². The first-order valence-electron chi connectivity index (χ1n) is 10.9. The number of quaternary nitrogens is 1. The Kier molecular flexibility index (Phi) is 9.47. The highest BCUT2D eigenvalue weighted by molar-refractivity contribution is 5.72. The van der Waals surface area contributed by atoms with Crippen LogP contribution in [-0.4, -0.2) is 24.6 Å². The van der Waals surface area contributed by atoms with Gasteiger partial charge in [0, 0.05) is 0 Å². The topological polar surface area (TPSA) is 36.1 Å². The summed E-state index contributed by atoms with van der Waals surface area (Å²) in [7, 11) is 0. The van der Waals surface area contributed by atoms with E-state index in [-0.39, 0.29) is 24.8 Å². The quantitative estimate of drug-likeness (QED) is 0.337. The maximum atomic E-state index is 3.65. The zero-order valence-electron chi connectivity index (χ0n) is 18.1. The molecule has 164 valence electrons. The molecule has 0 aliphatic carbocycles. The Hall–Kier alpha value is -1.75. The molecule has 6 heteroatoms. The summed E-state index contributed by atoms with van der Waals surface area (Å²) in [6.45, 7) is 10.2. The lowest BCUT2D eigenvalue weighted by molar-refractivity contribution is -0.921. The monoisotopic (exact) mass is 448 g/mol. The molecule has 0 amide bonds. The number of fused-ring (bicyclic) bond motifs is 1. The van der Waals surface area contributed by atoms with Crippen molar-refractivity contribution >= 4 is 17.0 Å². The number of aromatic amines is 1. The van der Waals surface area contributed by atoms with Crippen LogP contribution in [0.3, 0.4) is 0 Å². The van der Waals surface area contributed by atoms with Gasteiger partial charge in [0.25, 0.3) is 0 Å². The standard InChI is InChI=1S/C24H32N4.2ClH/c1-19(2)21-12-10-20(11-13-21)18-25-24-26-22-8-4-5-9-23(22)28(24)17-16-27-14-6-3-7-15-27;;/h4-5,8-13,19H,3,6-7,14-18H2,1-2H3,(H,25,26);2*1H. The molecule has 4 rings (SSSR count). The van der Waals surface area contributed by atoms with Crippen LogP contribution >= 0.6 is 0 Å². The zero-order valence-corrected chi connectivity index (χ0v) is 19.6. The molecule has 3 aromatic rings. The molecule has 4 nitrogen and oxygen atoms in total. The van der Waals surface area contributed by atoms with Crippen molar-refractivity contribution in [2.45, 2.75) is 52.1 Å². The van der Waals surface area contributed by atoms with E-state index in [1.165, 1.54) is 61.1 Å². The van der Waals surface area contributed by atoms with E-state index in [1.807, 2.05) is 0 Å². The predicted octanol–water partition coefficient (Wildman–Crippen LogP) is -2.73. The molecule has 1 saturated heterocycles. The SMILES string of the molecule is CC(C)c1ccc(CNc2[nH]c3ccccc3[n+]2CC[NH+]2CCCCC2)cc1.[Cl-].[Cl-]. The van der Waals surface area contributed by atoms with Crippen molar-refractivity contribution in [1.82, 2.24) is 4.98 Å². The van der Waals surface area contributed by atoms with Gasteiger partial charge in [0.2, 0.25) is 0 Å². The molecule has 1 aromatic heterocycles. The summed E-state index contributed by atoms with van der Waals surface area (Å²) in [6.07, 6.45) is 4.17. The molecule has 0 bridgehead atoms. The number of imidazole rings is 1.